The van der Waals surface area contributed by atoms with E-state index in [-0.39, 0.29) is 11.8 Å². The first-order valence-corrected chi connectivity index (χ1v) is 11.8. The fourth-order valence-electron chi connectivity index (χ4n) is 4.51. The van der Waals surface area contributed by atoms with Gasteiger partial charge in [0.2, 0.25) is 0 Å². The van der Waals surface area contributed by atoms with Gasteiger partial charge < -0.3 is 20.3 Å². The standard InChI is InChI=1S/C24H30N5O3P/c1-14-9-16(5-8-19(14)33)11-26-23(30)21-22-20(27-13-28-21)18(12-29(22)2)25-10-15-3-6-17(7-4-15)24(31)32/h5,8-9,12-13,15,17,25H,3-4,6-7,10-11,33H2,1-2H3,(H,26,30)(H,31,32). The van der Waals surface area contributed by atoms with Crippen LogP contribution in [0.1, 0.15) is 47.3 Å². The molecule has 174 valence electrons. The number of amides is 1. The Bertz CT molecular complexity index is 1180. The van der Waals surface area contributed by atoms with Crippen molar-refractivity contribution in [1.29, 1.82) is 0 Å². The van der Waals surface area contributed by atoms with Crippen molar-refractivity contribution in [2.75, 3.05) is 11.9 Å². The van der Waals surface area contributed by atoms with Crippen LogP contribution >= 0.6 is 9.24 Å². The summed E-state index contributed by atoms with van der Waals surface area (Å²) in [6, 6.07) is 6.08. The number of nitrogens with zero attached hydrogens (tertiary/aromatic N) is 3. The van der Waals surface area contributed by atoms with Crippen molar-refractivity contribution in [3.05, 3.63) is 47.5 Å². The number of carboxylic acids is 1. The lowest BCUT2D eigenvalue weighted by molar-refractivity contribution is -0.143. The smallest absolute Gasteiger partial charge is 0.306 e. The molecule has 3 aromatic rings. The van der Waals surface area contributed by atoms with Crippen LogP contribution in [0.5, 0.6) is 0 Å². The van der Waals surface area contributed by atoms with E-state index in [9.17, 15) is 14.7 Å². The fraction of sp³-hybridized carbons (Fsp3) is 0.417. The largest absolute Gasteiger partial charge is 0.481 e. The molecule has 0 saturated heterocycles. The van der Waals surface area contributed by atoms with E-state index in [1.165, 1.54) is 6.33 Å². The van der Waals surface area contributed by atoms with Gasteiger partial charge >= 0.3 is 5.97 Å². The summed E-state index contributed by atoms with van der Waals surface area (Å²) in [4.78, 5) is 32.8. The highest BCUT2D eigenvalue weighted by Crippen LogP contribution is 2.30. The number of carbonyl (C=O) groups is 2. The van der Waals surface area contributed by atoms with Crippen molar-refractivity contribution in [1.82, 2.24) is 19.9 Å². The number of carbonyl (C=O) groups excluding carboxylic acids is 1. The first-order valence-electron chi connectivity index (χ1n) is 11.2. The molecule has 1 saturated carbocycles. The predicted molar refractivity (Wildman–Crippen MR) is 132 cm³/mol. The minimum Gasteiger partial charge on any atom is -0.481 e. The summed E-state index contributed by atoms with van der Waals surface area (Å²) in [5.41, 5.74) is 4.78. The average molecular weight is 468 g/mol. The highest BCUT2D eigenvalue weighted by molar-refractivity contribution is 7.27. The maximum absolute atomic E-state index is 12.9. The quantitative estimate of drug-likeness (QED) is 0.461. The molecule has 8 nitrogen and oxygen atoms in total. The number of anilines is 1. The Morgan fingerprint density at radius 3 is 2.67 bits per heavy atom. The van der Waals surface area contributed by atoms with Crippen LogP contribution in [0.15, 0.2) is 30.7 Å². The zero-order valence-corrected chi connectivity index (χ0v) is 20.1. The van der Waals surface area contributed by atoms with E-state index in [1.807, 2.05) is 36.9 Å². The second kappa shape index (κ2) is 9.87. The number of hydrogen-bond acceptors (Lipinski definition) is 5. The molecule has 4 rings (SSSR count). The van der Waals surface area contributed by atoms with Crippen LogP contribution < -0.4 is 15.9 Å². The van der Waals surface area contributed by atoms with Gasteiger partial charge in [0.05, 0.1) is 11.6 Å². The Hall–Kier alpha value is -2.99. The first kappa shape index (κ1) is 23.2. The lowest BCUT2D eigenvalue weighted by atomic mass is 9.82. The summed E-state index contributed by atoms with van der Waals surface area (Å²) in [7, 11) is 4.58. The van der Waals surface area contributed by atoms with E-state index in [2.05, 4.69) is 35.9 Å². The fourth-order valence-corrected chi connectivity index (χ4v) is 4.69. The minimum absolute atomic E-state index is 0.213. The van der Waals surface area contributed by atoms with E-state index in [4.69, 9.17) is 0 Å². The van der Waals surface area contributed by atoms with Gasteiger partial charge in [-0.15, -0.1) is 9.24 Å². The second-order valence-electron chi connectivity index (χ2n) is 8.88. The van der Waals surface area contributed by atoms with Crippen molar-refractivity contribution in [2.24, 2.45) is 18.9 Å². The van der Waals surface area contributed by atoms with Gasteiger partial charge in [0.1, 0.15) is 17.4 Å². The Morgan fingerprint density at radius 1 is 1.21 bits per heavy atom. The van der Waals surface area contributed by atoms with Gasteiger partial charge in [-0.05, 0) is 55.0 Å². The summed E-state index contributed by atoms with van der Waals surface area (Å²) in [5.74, 6) is -0.712. The van der Waals surface area contributed by atoms with Crippen molar-refractivity contribution in [3.63, 3.8) is 0 Å². The van der Waals surface area contributed by atoms with Crippen molar-refractivity contribution in [3.8, 4) is 0 Å². The normalized spacial score (nSPS) is 18.3. The summed E-state index contributed by atoms with van der Waals surface area (Å²) < 4.78 is 1.88. The molecule has 1 atom stereocenters. The monoisotopic (exact) mass is 467 g/mol. The molecule has 0 aliphatic heterocycles. The van der Waals surface area contributed by atoms with Crippen LogP contribution in [0, 0.1) is 18.8 Å². The molecular formula is C24H30N5O3P. The zero-order valence-electron chi connectivity index (χ0n) is 19.0. The first-order chi connectivity index (χ1) is 15.8. The molecular weight excluding hydrogens is 437 g/mol. The van der Waals surface area contributed by atoms with Gasteiger partial charge in [-0.25, -0.2) is 9.97 Å². The van der Waals surface area contributed by atoms with Crippen LogP contribution in [0.2, 0.25) is 0 Å². The number of fused-ring (bicyclic) bond motifs is 1. The number of aliphatic carboxylic acids is 1. The number of benzene rings is 1. The lowest BCUT2D eigenvalue weighted by Crippen LogP contribution is -2.25. The topological polar surface area (TPSA) is 109 Å². The number of aryl methyl sites for hydroxylation is 2. The van der Waals surface area contributed by atoms with Gasteiger partial charge in [-0.1, -0.05) is 18.2 Å². The van der Waals surface area contributed by atoms with Gasteiger partial charge in [-0.3, -0.25) is 9.59 Å². The van der Waals surface area contributed by atoms with Crippen molar-refractivity contribution < 1.29 is 14.7 Å². The lowest BCUT2D eigenvalue weighted by Gasteiger charge is -2.26. The Balaban J connectivity index is 1.44. The number of rotatable bonds is 7. The summed E-state index contributed by atoms with van der Waals surface area (Å²) in [5, 5.41) is 16.8. The molecule has 33 heavy (non-hydrogen) atoms. The summed E-state index contributed by atoms with van der Waals surface area (Å²) in [6.07, 6.45) is 6.60. The third-order valence-electron chi connectivity index (χ3n) is 6.53. The van der Waals surface area contributed by atoms with Gasteiger partial charge in [0.15, 0.2) is 5.69 Å². The van der Waals surface area contributed by atoms with E-state index in [1.54, 1.807) is 0 Å². The number of aromatic nitrogens is 3. The van der Waals surface area contributed by atoms with Crippen LogP contribution in [0.3, 0.4) is 0 Å². The number of hydrogen-bond donors (Lipinski definition) is 3. The van der Waals surface area contributed by atoms with E-state index >= 15 is 0 Å². The predicted octanol–water partition coefficient (Wildman–Crippen LogP) is 3.01. The summed E-state index contributed by atoms with van der Waals surface area (Å²) >= 11 is 0. The highest BCUT2D eigenvalue weighted by Gasteiger charge is 2.26. The molecule has 9 heteroatoms. The van der Waals surface area contributed by atoms with E-state index < -0.39 is 5.97 Å². The molecule has 1 aliphatic rings. The molecule has 1 aliphatic carbocycles. The Labute approximate surface area is 195 Å². The molecule has 2 heterocycles. The highest BCUT2D eigenvalue weighted by atomic mass is 31.0. The van der Waals surface area contributed by atoms with Gasteiger partial charge in [0, 0.05) is 26.3 Å². The minimum atomic E-state index is -0.686. The molecule has 2 aromatic heterocycles. The maximum Gasteiger partial charge on any atom is 0.306 e. The second-order valence-corrected chi connectivity index (χ2v) is 9.51. The Morgan fingerprint density at radius 2 is 1.97 bits per heavy atom. The third-order valence-corrected chi connectivity index (χ3v) is 7.18. The van der Waals surface area contributed by atoms with Crippen molar-refractivity contribution >= 4 is 43.1 Å². The van der Waals surface area contributed by atoms with E-state index in [0.717, 1.165) is 54.3 Å². The van der Waals surface area contributed by atoms with Crippen LogP contribution in [-0.4, -0.2) is 38.1 Å². The zero-order chi connectivity index (χ0) is 23.5. The molecule has 1 aromatic carbocycles. The van der Waals surface area contributed by atoms with E-state index in [0.29, 0.717) is 29.2 Å². The molecule has 1 unspecified atom stereocenters. The van der Waals surface area contributed by atoms with Crippen LogP contribution in [-0.2, 0) is 18.4 Å². The molecule has 0 radical (unpaired) electrons. The van der Waals surface area contributed by atoms with Gasteiger partial charge in [0.25, 0.3) is 5.91 Å². The third kappa shape index (κ3) is 5.17. The number of nitrogens with one attached hydrogen (secondary N) is 2. The molecule has 3 N–H and O–H groups in total. The number of carboxylic acid groups (broad SMARTS) is 1. The Kier molecular flexibility index (Phi) is 6.94. The van der Waals surface area contributed by atoms with Crippen LogP contribution in [0.4, 0.5) is 5.69 Å². The van der Waals surface area contributed by atoms with Crippen molar-refractivity contribution in [2.45, 2.75) is 39.2 Å². The van der Waals surface area contributed by atoms with Crippen LogP contribution in [0.25, 0.3) is 11.0 Å². The molecule has 1 fully saturated rings. The SMILES string of the molecule is Cc1cc(CNC(=O)c2ncnc3c(NCC4CCC(C(=O)O)CC4)cn(C)c23)ccc1P. The van der Waals surface area contributed by atoms with Gasteiger partial charge in [-0.2, -0.15) is 0 Å². The average Bonchev–Trinajstić information content (AvgIpc) is 3.14. The molecule has 1 amide bonds. The molecule has 0 spiro atoms. The molecule has 0 bridgehead atoms. The summed E-state index contributed by atoms with van der Waals surface area (Å²) in [6.45, 7) is 3.21. The maximum atomic E-state index is 12.9.